The molecule has 1 rings (SSSR count). The van der Waals surface area contributed by atoms with Crippen molar-refractivity contribution in [3.05, 3.63) is 48.6 Å². The monoisotopic (exact) mass is 362 g/mol. The SMILES string of the molecule is CC/C=C\C/C=C\CC(O)/C=C/[C@H]1CCC(O)[C@H]1C/C=C\CCC(=O)O. The largest absolute Gasteiger partial charge is 0.481 e. The maximum absolute atomic E-state index is 10.5. The second kappa shape index (κ2) is 13.5. The van der Waals surface area contributed by atoms with Crippen LogP contribution in [0.3, 0.4) is 0 Å². The van der Waals surface area contributed by atoms with Crippen molar-refractivity contribution in [3.8, 4) is 0 Å². The Bertz CT molecular complexity index is 504. The van der Waals surface area contributed by atoms with Gasteiger partial charge in [0, 0.05) is 6.42 Å². The first-order valence-corrected chi connectivity index (χ1v) is 9.75. The van der Waals surface area contributed by atoms with E-state index in [-0.39, 0.29) is 24.4 Å². The Morgan fingerprint density at radius 3 is 2.62 bits per heavy atom. The number of carboxylic acids is 1. The van der Waals surface area contributed by atoms with Crippen LogP contribution in [0.1, 0.15) is 58.3 Å². The molecule has 0 aromatic heterocycles. The summed E-state index contributed by atoms with van der Waals surface area (Å²) in [5.41, 5.74) is 0. The minimum absolute atomic E-state index is 0.140. The van der Waals surface area contributed by atoms with Crippen LogP contribution in [0.15, 0.2) is 48.6 Å². The molecule has 2 unspecified atom stereocenters. The molecule has 0 aromatic carbocycles. The molecule has 0 spiro atoms. The van der Waals surface area contributed by atoms with Crippen molar-refractivity contribution in [1.82, 2.24) is 0 Å². The number of rotatable bonds is 12. The van der Waals surface area contributed by atoms with E-state index in [1.54, 1.807) is 0 Å². The third kappa shape index (κ3) is 9.73. The van der Waals surface area contributed by atoms with Gasteiger partial charge in [-0.2, -0.15) is 0 Å². The molecule has 3 N–H and O–H groups in total. The van der Waals surface area contributed by atoms with Gasteiger partial charge in [-0.15, -0.1) is 0 Å². The standard InChI is InChI=1S/C22H34O4/c1-2-3-4-5-6-8-11-19(23)16-14-18-15-17-21(24)20(18)12-9-7-10-13-22(25)26/h3-4,6-9,14,16,18-21,23-24H,2,5,10-13,15,17H2,1H3,(H,25,26)/b4-3-,8-6-,9-7-,16-14+/t18-,19?,20-,21?/m0/s1. The normalized spacial score (nSPS) is 25.3. The van der Waals surface area contributed by atoms with E-state index >= 15 is 0 Å². The van der Waals surface area contributed by atoms with Crippen LogP contribution in [-0.2, 0) is 4.79 Å². The number of hydrogen-bond donors (Lipinski definition) is 3. The van der Waals surface area contributed by atoms with Gasteiger partial charge in [0.1, 0.15) is 0 Å². The summed E-state index contributed by atoms with van der Waals surface area (Å²) >= 11 is 0. The van der Waals surface area contributed by atoms with Gasteiger partial charge in [-0.3, -0.25) is 4.79 Å². The molecule has 0 amide bonds. The fourth-order valence-electron chi connectivity index (χ4n) is 3.25. The van der Waals surface area contributed by atoms with Gasteiger partial charge in [0.05, 0.1) is 12.2 Å². The minimum atomic E-state index is -0.791. The average molecular weight is 363 g/mol. The molecule has 1 fully saturated rings. The molecule has 4 atom stereocenters. The molecule has 0 saturated heterocycles. The van der Waals surface area contributed by atoms with Crippen molar-refractivity contribution >= 4 is 5.97 Å². The average Bonchev–Trinajstić information content (AvgIpc) is 2.95. The molecule has 26 heavy (non-hydrogen) atoms. The number of aliphatic hydroxyl groups is 2. The summed E-state index contributed by atoms with van der Waals surface area (Å²) in [4.78, 5) is 10.5. The molecule has 4 heteroatoms. The Balaban J connectivity index is 2.39. The van der Waals surface area contributed by atoms with Crippen LogP contribution in [0.5, 0.6) is 0 Å². The summed E-state index contributed by atoms with van der Waals surface area (Å²) in [6.07, 6.45) is 20.9. The third-order valence-electron chi connectivity index (χ3n) is 4.74. The summed E-state index contributed by atoms with van der Waals surface area (Å²) in [5, 5.41) is 28.9. The van der Waals surface area contributed by atoms with Gasteiger partial charge in [-0.25, -0.2) is 0 Å². The van der Waals surface area contributed by atoms with Crippen LogP contribution in [0.2, 0.25) is 0 Å². The Kier molecular flexibility index (Phi) is 11.7. The number of carbonyl (C=O) groups is 1. The van der Waals surface area contributed by atoms with Gasteiger partial charge >= 0.3 is 5.97 Å². The van der Waals surface area contributed by atoms with E-state index in [0.29, 0.717) is 12.8 Å². The number of allylic oxidation sites excluding steroid dienone is 6. The highest BCUT2D eigenvalue weighted by Gasteiger charge is 2.32. The van der Waals surface area contributed by atoms with Gasteiger partial charge in [-0.1, -0.05) is 55.5 Å². The Labute approximate surface area is 157 Å². The summed E-state index contributed by atoms with van der Waals surface area (Å²) in [5.74, 6) is -0.379. The molecule has 0 heterocycles. The lowest BCUT2D eigenvalue weighted by Crippen LogP contribution is -2.17. The lowest BCUT2D eigenvalue weighted by Gasteiger charge is -2.18. The van der Waals surface area contributed by atoms with Gasteiger partial charge < -0.3 is 15.3 Å². The molecule has 146 valence electrons. The highest BCUT2D eigenvalue weighted by Crippen LogP contribution is 2.36. The second-order valence-corrected chi connectivity index (χ2v) is 6.89. The van der Waals surface area contributed by atoms with E-state index in [0.717, 1.165) is 32.1 Å². The molecular formula is C22H34O4. The topological polar surface area (TPSA) is 77.8 Å². The molecule has 1 aliphatic rings. The first-order valence-electron chi connectivity index (χ1n) is 9.75. The number of hydrogen-bond acceptors (Lipinski definition) is 3. The molecule has 1 aliphatic carbocycles. The van der Waals surface area contributed by atoms with E-state index in [1.807, 2.05) is 30.4 Å². The fourth-order valence-corrected chi connectivity index (χ4v) is 3.25. The maximum Gasteiger partial charge on any atom is 0.303 e. The zero-order valence-corrected chi connectivity index (χ0v) is 15.8. The first kappa shape index (κ1) is 22.4. The van der Waals surface area contributed by atoms with Gasteiger partial charge in [0.2, 0.25) is 0 Å². The van der Waals surface area contributed by atoms with Crippen LogP contribution in [0, 0.1) is 11.8 Å². The summed E-state index contributed by atoms with van der Waals surface area (Å²) in [7, 11) is 0. The molecule has 4 nitrogen and oxygen atoms in total. The second-order valence-electron chi connectivity index (χ2n) is 6.89. The van der Waals surface area contributed by atoms with Gasteiger partial charge in [0.25, 0.3) is 0 Å². The number of carboxylic acid groups (broad SMARTS) is 1. The van der Waals surface area contributed by atoms with Crippen molar-refractivity contribution in [2.45, 2.75) is 70.5 Å². The lowest BCUT2D eigenvalue weighted by atomic mass is 9.90. The Morgan fingerprint density at radius 1 is 1.12 bits per heavy atom. The maximum atomic E-state index is 10.5. The van der Waals surface area contributed by atoms with Gasteiger partial charge in [0.15, 0.2) is 0 Å². The summed E-state index contributed by atoms with van der Waals surface area (Å²) in [6, 6.07) is 0. The van der Waals surface area contributed by atoms with E-state index in [9.17, 15) is 15.0 Å². The molecule has 0 aliphatic heterocycles. The van der Waals surface area contributed by atoms with Crippen molar-refractivity contribution < 1.29 is 20.1 Å². The van der Waals surface area contributed by atoms with Crippen LogP contribution in [0.4, 0.5) is 0 Å². The molecular weight excluding hydrogens is 328 g/mol. The smallest absolute Gasteiger partial charge is 0.303 e. The Morgan fingerprint density at radius 2 is 1.88 bits per heavy atom. The van der Waals surface area contributed by atoms with Crippen LogP contribution >= 0.6 is 0 Å². The number of aliphatic hydroxyl groups excluding tert-OH is 2. The molecule has 1 saturated carbocycles. The first-order chi connectivity index (χ1) is 12.5. The van der Waals surface area contributed by atoms with Crippen molar-refractivity contribution in [1.29, 1.82) is 0 Å². The zero-order chi connectivity index (χ0) is 19.2. The summed E-state index contributed by atoms with van der Waals surface area (Å²) in [6.45, 7) is 2.10. The third-order valence-corrected chi connectivity index (χ3v) is 4.74. The molecule has 0 aromatic rings. The van der Waals surface area contributed by atoms with Crippen molar-refractivity contribution in [2.75, 3.05) is 0 Å². The van der Waals surface area contributed by atoms with E-state index < -0.39 is 12.1 Å². The molecule has 0 bridgehead atoms. The van der Waals surface area contributed by atoms with Crippen molar-refractivity contribution in [3.63, 3.8) is 0 Å². The quantitative estimate of drug-likeness (QED) is 0.450. The van der Waals surface area contributed by atoms with Gasteiger partial charge in [-0.05, 0) is 56.8 Å². The van der Waals surface area contributed by atoms with Crippen LogP contribution in [-0.4, -0.2) is 33.5 Å². The van der Waals surface area contributed by atoms with Crippen LogP contribution < -0.4 is 0 Å². The number of aliphatic carboxylic acids is 1. The van der Waals surface area contributed by atoms with Crippen molar-refractivity contribution in [2.24, 2.45) is 11.8 Å². The molecule has 0 radical (unpaired) electrons. The highest BCUT2D eigenvalue weighted by molar-refractivity contribution is 5.66. The summed E-state index contributed by atoms with van der Waals surface area (Å²) < 4.78 is 0. The predicted octanol–water partition coefficient (Wildman–Crippen LogP) is 4.40. The van der Waals surface area contributed by atoms with E-state index in [2.05, 4.69) is 25.2 Å². The minimum Gasteiger partial charge on any atom is -0.481 e. The van der Waals surface area contributed by atoms with Crippen LogP contribution in [0.25, 0.3) is 0 Å². The zero-order valence-electron chi connectivity index (χ0n) is 15.8. The lowest BCUT2D eigenvalue weighted by molar-refractivity contribution is -0.136. The Hall–Kier alpha value is -1.65. The predicted molar refractivity (Wildman–Crippen MR) is 106 cm³/mol. The highest BCUT2D eigenvalue weighted by atomic mass is 16.4. The van der Waals surface area contributed by atoms with E-state index in [4.69, 9.17) is 5.11 Å². The fraction of sp³-hybridized carbons (Fsp3) is 0.591. The van der Waals surface area contributed by atoms with E-state index in [1.165, 1.54) is 0 Å².